The van der Waals surface area contributed by atoms with Crippen molar-refractivity contribution in [1.82, 2.24) is 4.98 Å². The molecule has 0 aliphatic carbocycles. The number of carbonyl (C=O) groups is 1. The fourth-order valence-electron chi connectivity index (χ4n) is 2.68. The van der Waals surface area contributed by atoms with Gasteiger partial charge in [-0.15, -0.1) is 0 Å². The molecule has 0 aliphatic heterocycles. The number of unbranched alkanes of at least 4 members (excludes halogenated alkanes) is 1. The van der Waals surface area contributed by atoms with Crippen LogP contribution in [0.5, 0.6) is 5.75 Å². The van der Waals surface area contributed by atoms with Crippen LogP contribution in [0.4, 0.5) is 5.69 Å². The fraction of sp³-hybridized carbons (Fsp3) is 0.174. The van der Waals surface area contributed by atoms with Crippen LogP contribution in [-0.2, 0) is 4.84 Å². The van der Waals surface area contributed by atoms with E-state index in [0.29, 0.717) is 34.8 Å². The van der Waals surface area contributed by atoms with Gasteiger partial charge >= 0.3 is 5.97 Å². The molecule has 1 heterocycles. The average Bonchev–Trinajstić information content (AvgIpc) is 2.81. The molecule has 8 heteroatoms. The summed E-state index contributed by atoms with van der Waals surface area (Å²) in [6.45, 7) is 2.70. The smallest absolute Gasteiger partial charge is 0.365 e. The lowest BCUT2D eigenvalue weighted by Gasteiger charge is -2.07. The molecule has 2 aromatic carbocycles. The Labute approximate surface area is 179 Å². The van der Waals surface area contributed by atoms with Crippen molar-refractivity contribution < 1.29 is 19.3 Å². The molecule has 0 saturated carbocycles. The van der Waals surface area contributed by atoms with Crippen molar-refractivity contribution in [3.05, 3.63) is 99.9 Å². The Hall–Kier alpha value is -4.07. The van der Waals surface area contributed by atoms with Gasteiger partial charge in [-0.25, -0.2) is 4.79 Å². The van der Waals surface area contributed by atoms with E-state index in [1.165, 1.54) is 12.1 Å². The molecule has 8 nitrogen and oxygen atoms in total. The molecule has 0 atom stereocenters. The van der Waals surface area contributed by atoms with Gasteiger partial charge < -0.3 is 9.57 Å². The molecule has 0 amide bonds. The summed E-state index contributed by atoms with van der Waals surface area (Å²) in [5, 5.41) is 14.9. The Balaban J connectivity index is 1.79. The number of oxime groups is 1. The lowest BCUT2D eigenvalue weighted by molar-refractivity contribution is -0.384. The van der Waals surface area contributed by atoms with Gasteiger partial charge in [0.25, 0.3) is 5.69 Å². The molecule has 158 valence electrons. The maximum Gasteiger partial charge on any atom is 0.365 e. The Morgan fingerprint density at radius 1 is 0.968 bits per heavy atom. The van der Waals surface area contributed by atoms with Crippen molar-refractivity contribution >= 4 is 17.4 Å². The highest BCUT2D eigenvalue weighted by Gasteiger charge is 2.13. The minimum Gasteiger partial charge on any atom is -0.494 e. The van der Waals surface area contributed by atoms with Crippen molar-refractivity contribution in [2.45, 2.75) is 19.8 Å². The Bertz CT molecular complexity index is 1050. The summed E-state index contributed by atoms with van der Waals surface area (Å²) in [7, 11) is 0. The van der Waals surface area contributed by atoms with Crippen LogP contribution < -0.4 is 4.74 Å². The zero-order valence-corrected chi connectivity index (χ0v) is 16.9. The number of carbonyl (C=O) groups excluding carboxylic acids is 1. The Morgan fingerprint density at radius 2 is 1.58 bits per heavy atom. The second-order valence-corrected chi connectivity index (χ2v) is 6.58. The van der Waals surface area contributed by atoms with Crippen molar-refractivity contribution in [3.8, 4) is 5.75 Å². The van der Waals surface area contributed by atoms with Crippen LogP contribution in [-0.4, -0.2) is 28.2 Å². The third-order valence-corrected chi connectivity index (χ3v) is 4.38. The number of hydrogen-bond donors (Lipinski definition) is 0. The summed E-state index contributed by atoms with van der Waals surface area (Å²) in [4.78, 5) is 32.0. The number of hydrogen-bond acceptors (Lipinski definition) is 7. The summed E-state index contributed by atoms with van der Waals surface area (Å²) in [5.74, 6) is 0.0467. The number of ether oxygens (including phenoxy) is 1. The number of nitro benzene ring substituents is 1. The number of nitro groups is 1. The molecule has 0 bridgehead atoms. The number of rotatable bonds is 9. The number of nitrogens with zero attached hydrogens (tertiary/aromatic N) is 3. The SMILES string of the molecule is CCCCOc1ccc(C(=O)O/N=C(\c2ccncc2)c2ccc([N+](=O)[O-])cc2)cc1. The van der Waals surface area contributed by atoms with Crippen LogP contribution in [0.3, 0.4) is 0 Å². The summed E-state index contributed by atoms with van der Waals surface area (Å²) < 4.78 is 5.59. The van der Waals surface area contributed by atoms with Crippen LogP contribution in [0, 0.1) is 10.1 Å². The van der Waals surface area contributed by atoms with E-state index in [4.69, 9.17) is 9.57 Å². The molecular weight excluding hydrogens is 398 g/mol. The van der Waals surface area contributed by atoms with E-state index in [2.05, 4.69) is 17.1 Å². The maximum absolute atomic E-state index is 12.5. The lowest BCUT2D eigenvalue weighted by atomic mass is 10.0. The normalized spacial score (nSPS) is 11.1. The van der Waals surface area contributed by atoms with Crippen LogP contribution in [0.15, 0.2) is 78.2 Å². The van der Waals surface area contributed by atoms with Crippen LogP contribution in [0.2, 0.25) is 0 Å². The van der Waals surface area contributed by atoms with Gasteiger partial charge in [0.15, 0.2) is 0 Å². The first-order valence-corrected chi connectivity index (χ1v) is 9.76. The highest BCUT2D eigenvalue weighted by molar-refractivity contribution is 6.12. The topological polar surface area (TPSA) is 104 Å². The molecule has 31 heavy (non-hydrogen) atoms. The maximum atomic E-state index is 12.5. The van der Waals surface area contributed by atoms with Gasteiger partial charge in [-0.3, -0.25) is 15.1 Å². The summed E-state index contributed by atoms with van der Waals surface area (Å²) in [6.07, 6.45) is 5.15. The molecule has 1 aromatic heterocycles. The van der Waals surface area contributed by atoms with Crippen molar-refractivity contribution in [1.29, 1.82) is 0 Å². The standard InChI is InChI=1S/C23H21N3O5/c1-2-3-16-30-21-10-6-19(7-11-21)23(27)31-25-22(18-12-14-24-15-13-18)17-4-8-20(9-5-17)26(28)29/h4-15H,2-3,16H2,1H3/b25-22-. The molecule has 0 saturated heterocycles. The molecule has 0 unspecified atom stereocenters. The van der Waals surface area contributed by atoms with E-state index >= 15 is 0 Å². The minimum atomic E-state index is -0.631. The zero-order chi connectivity index (χ0) is 22.1. The summed E-state index contributed by atoms with van der Waals surface area (Å²) in [6, 6.07) is 15.9. The monoisotopic (exact) mass is 419 g/mol. The van der Waals surface area contributed by atoms with Gasteiger partial charge in [-0.05, 0) is 55.0 Å². The molecule has 3 aromatic rings. The highest BCUT2D eigenvalue weighted by Crippen LogP contribution is 2.17. The first-order valence-electron chi connectivity index (χ1n) is 9.76. The van der Waals surface area contributed by atoms with Gasteiger partial charge in [0.1, 0.15) is 11.5 Å². The predicted molar refractivity (Wildman–Crippen MR) is 115 cm³/mol. The zero-order valence-electron chi connectivity index (χ0n) is 16.9. The molecule has 3 rings (SSSR count). The first-order chi connectivity index (χ1) is 15.1. The molecule has 0 radical (unpaired) electrons. The lowest BCUT2D eigenvalue weighted by Crippen LogP contribution is -2.08. The molecule has 0 fully saturated rings. The van der Waals surface area contributed by atoms with Gasteiger partial charge in [-0.2, -0.15) is 0 Å². The number of benzene rings is 2. The van der Waals surface area contributed by atoms with Gasteiger partial charge in [-0.1, -0.05) is 18.5 Å². The average molecular weight is 419 g/mol. The van der Waals surface area contributed by atoms with E-state index in [0.717, 1.165) is 12.8 Å². The number of non-ortho nitro benzene ring substituents is 1. The second-order valence-electron chi connectivity index (χ2n) is 6.58. The largest absolute Gasteiger partial charge is 0.494 e. The number of pyridine rings is 1. The third kappa shape index (κ3) is 5.96. The van der Waals surface area contributed by atoms with E-state index in [1.807, 2.05) is 0 Å². The Kier molecular flexibility index (Phi) is 7.42. The van der Waals surface area contributed by atoms with Crippen LogP contribution in [0.25, 0.3) is 0 Å². The summed E-state index contributed by atoms with van der Waals surface area (Å²) in [5.41, 5.74) is 1.84. The third-order valence-electron chi connectivity index (χ3n) is 4.38. The van der Waals surface area contributed by atoms with Gasteiger partial charge in [0.05, 0.1) is 17.1 Å². The van der Waals surface area contributed by atoms with E-state index in [1.54, 1.807) is 60.9 Å². The second kappa shape index (κ2) is 10.6. The molecule has 0 spiro atoms. The van der Waals surface area contributed by atoms with Crippen molar-refractivity contribution in [2.75, 3.05) is 6.61 Å². The van der Waals surface area contributed by atoms with E-state index < -0.39 is 10.9 Å². The highest BCUT2D eigenvalue weighted by atomic mass is 16.7. The fourth-order valence-corrected chi connectivity index (χ4v) is 2.68. The molecule has 0 N–H and O–H groups in total. The van der Waals surface area contributed by atoms with E-state index in [-0.39, 0.29) is 5.69 Å². The Morgan fingerprint density at radius 3 is 2.19 bits per heavy atom. The van der Waals surface area contributed by atoms with Gasteiger partial charge in [0.2, 0.25) is 0 Å². The van der Waals surface area contributed by atoms with Crippen LogP contribution >= 0.6 is 0 Å². The quantitative estimate of drug-likeness (QED) is 0.163. The summed E-state index contributed by atoms with van der Waals surface area (Å²) >= 11 is 0. The van der Waals surface area contributed by atoms with Gasteiger partial charge in [0, 0.05) is 35.7 Å². The van der Waals surface area contributed by atoms with Crippen molar-refractivity contribution in [2.24, 2.45) is 5.16 Å². The van der Waals surface area contributed by atoms with Crippen LogP contribution in [0.1, 0.15) is 41.3 Å². The van der Waals surface area contributed by atoms with E-state index in [9.17, 15) is 14.9 Å². The first kappa shape index (κ1) is 21.6. The van der Waals surface area contributed by atoms with Crippen molar-refractivity contribution in [3.63, 3.8) is 0 Å². The minimum absolute atomic E-state index is 0.0453. The molecule has 0 aliphatic rings. The predicted octanol–water partition coefficient (Wildman–Crippen LogP) is 4.78. The number of aromatic nitrogens is 1. The molecular formula is C23H21N3O5.